The molecule has 3 aromatic rings. The van der Waals surface area contributed by atoms with E-state index in [-0.39, 0.29) is 0 Å². The highest BCUT2D eigenvalue weighted by molar-refractivity contribution is 5.88. The highest BCUT2D eigenvalue weighted by Crippen LogP contribution is 2.28. The molecule has 3 nitrogen and oxygen atoms in total. The highest BCUT2D eigenvalue weighted by Gasteiger charge is 2.10. The fraction of sp³-hybridized carbons (Fsp3) is 0.111. The van der Waals surface area contributed by atoms with Crippen LogP contribution in [0.15, 0.2) is 48.5 Å². The zero-order valence-electron chi connectivity index (χ0n) is 12.0. The molecule has 3 heteroatoms. The maximum absolute atomic E-state index is 11.3. The van der Waals surface area contributed by atoms with Crippen molar-refractivity contribution in [3.8, 4) is 11.6 Å². The molecule has 0 saturated carbocycles. The lowest BCUT2D eigenvalue weighted by atomic mass is 10.1. The van der Waals surface area contributed by atoms with Crippen LogP contribution in [-0.2, 0) is 0 Å². The largest absolute Gasteiger partial charge is 0.438 e. The maximum atomic E-state index is 11.3. The lowest BCUT2D eigenvalue weighted by Gasteiger charge is -2.11. The summed E-state index contributed by atoms with van der Waals surface area (Å²) in [5, 5.41) is 0.924. The molecule has 0 saturated heterocycles. The second-order valence-corrected chi connectivity index (χ2v) is 5.06. The minimum absolute atomic E-state index is 0.343. The van der Waals surface area contributed by atoms with Gasteiger partial charge in [-0.15, -0.1) is 0 Å². The first-order valence-electron chi connectivity index (χ1n) is 6.77. The summed E-state index contributed by atoms with van der Waals surface area (Å²) in [7, 11) is 0. The number of carbonyl (C=O) groups excluding carboxylic acids is 1. The van der Waals surface area contributed by atoms with Crippen LogP contribution >= 0.6 is 0 Å². The van der Waals surface area contributed by atoms with E-state index >= 15 is 0 Å². The number of nitrogens with zero attached hydrogens (tertiary/aromatic N) is 1. The van der Waals surface area contributed by atoms with Crippen molar-refractivity contribution in [1.82, 2.24) is 4.98 Å². The van der Waals surface area contributed by atoms with Crippen molar-refractivity contribution in [2.24, 2.45) is 0 Å². The first-order chi connectivity index (χ1) is 10.2. The summed E-state index contributed by atoms with van der Waals surface area (Å²) in [6.07, 6.45) is 0.776. The Kier molecular flexibility index (Phi) is 3.40. The molecule has 0 atom stereocenters. The second-order valence-electron chi connectivity index (χ2n) is 5.06. The number of aromatic nitrogens is 1. The predicted octanol–water partition coefficient (Wildman–Crippen LogP) is 4.46. The summed E-state index contributed by atoms with van der Waals surface area (Å²) in [5.74, 6) is 1.06. The first-order valence-corrected chi connectivity index (χ1v) is 6.77. The standard InChI is InChI=1S/C18H15NO2/c1-12-7-8-17(13(2)9-12)21-18-15(11-20)10-14-5-3-4-6-16(14)19-18/h3-11H,1-2H3. The molecule has 0 aliphatic carbocycles. The first kappa shape index (κ1) is 13.3. The van der Waals surface area contributed by atoms with E-state index in [2.05, 4.69) is 4.98 Å². The van der Waals surface area contributed by atoms with Crippen LogP contribution < -0.4 is 4.74 Å². The third kappa shape index (κ3) is 2.63. The van der Waals surface area contributed by atoms with E-state index in [9.17, 15) is 4.79 Å². The molecule has 3 rings (SSSR count). The van der Waals surface area contributed by atoms with Gasteiger partial charge in [-0.2, -0.15) is 0 Å². The fourth-order valence-corrected chi connectivity index (χ4v) is 2.30. The van der Waals surface area contributed by atoms with Gasteiger partial charge in [-0.05, 0) is 37.6 Å². The number of ether oxygens (including phenoxy) is 1. The summed E-state index contributed by atoms with van der Waals surface area (Å²) in [6, 6.07) is 15.4. The average molecular weight is 277 g/mol. The zero-order valence-corrected chi connectivity index (χ0v) is 12.0. The maximum Gasteiger partial charge on any atom is 0.230 e. The molecule has 0 aliphatic heterocycles. The van der Waals surface area contributed by atoms with Gasteiger partial charge in [-0.25, -0.2) is 4.98 Å². The number of rotatable bonds is 3. The van der Waals surface area contributed by atoms with Crippen molar-refractivity contribution in [3.05, 3.63) is 65.2 Å². The summed E-state index contributed by atoms with van der Waals surface area (Å²) in [5.41, 5.74) is 3.44. The second kappa shape index (κ2) is 5.37. The van der Waals surface area contributed by atoms with Crippen LogP contribution in [0.2, 0.25) is 0 Å². The van der Waals surface area contributed by atoms with Gasteiger partial charge in [0.25, 0.3) is 0 Å². The van der Waals surface area contributed by atoms with Crippen LogP contribution in [0.25, 0.3) is 10.9 Å². The number of benzene rings is 2. The normalized spacial score (nSPS) is 10.6. The van der Waals surface area contributed by atoms with E-state index < -0.39 is 0 Å². The summed E-state index contributed by atoms with van der Waals surface area (Å²) < 4.78 is 5.85. The van der Waals surface area contributed by atoms with Crippen molar-refractivity contribution in [1.29, 1.82) is 0 Å². The molecule has 0 radical (unpaired) electrons. The van der Waals surface area contributed by atoms with Gasteiger partial charge in [0.15, 0.2) is 6.29 Å². The molecular weight excluding hydrogens is 262 g/mol. The van der Waals surface area contributed by atoms with E-state index in [1.54, 1.807) is 6.07 Å². The van der Waals surface area contributed by atoms with E-state index in [0.29, 0.717) is 17.2 Å². The molecule has 0 bridgehead atoms. The van der Waals surface area contributed by atoms with Gasteiger partial charge in [0.05, 0.1) is 11.1 Å². The minimum atomic E-state index is 0.343. The lowest BCUT2D eigenvalue weighted by Crippen LogP contribution is -1.96. The van der Waals surface area contributed by atoms with Gasteiger partial charge in [-0.1, -0.05) is 35.9 Å². The topological polar surface area (TPSA) is 39.2 Å². The predicted molar refractivity (Wildman–Crippen MR) is 83.1 cm³/mol. The molecular formula is C18H15NO2. The number of hydrogen-bond donors (Lipinski definition) is 0. The molecule has 0 fully saturated rings. The molecule has 104 valence electrons. The van der Waals surface area contributed by atoms with Gasteiger partial charge < -0.3 is 4.74 Å². The molecule has 0 unspecified atom stereocenters. The van der Waals surface area contributed by atoms with Crippen molar-refractivity contribution in [3.63, 3.8) is 0 Å². The zero-order chi connectivity index (χ0) is 14.8. The van der Waals surface area contributed by atoms with Crippen LogP contribution in [-0.4, -0.2) is 11.3 Å². The van der Waals surface area contributed by atoms with Crippen molar-refractivity contribution in [2.75, 3.05) is 0 Å². The minimum Gasteiger partial charge on any atom is -0.438 e. The lowest BCUT2D eigenvalue weighted by molar-refractivity contribution is 0.112. The Hall–Kier alpha value is -2.68. The summed E-state index contributed by atoms with van der Waals surface area (Å²) in [6.45, 7) is 4.01. The number of fused-ring (bicyclic) bond motifs is 1. The summed E-state index contributed by atoms with van der Waals surface area (Å²) >= 11 is 0. The number of hydrogen-bond acceptors (Lipinski definition) is 3. The third-order valence-electron chi connectivity index (χ3n) is 3.38. The molecule has 1 aromatic heterocycles. The SMILES string of the molecule is Cc1ccc(Oc2nc3ccccc3cc2C=O)c(C)c1. The van der Waals surface area contributed by atoms with Crippen LogP contribution in [0, 0.1) is 13.8 Å². The number of aldehydes is 1. The highest BCUT2D eigenvalue weighted by atomic mass is 16.5. The molecule has 0 aliphatic rings. The Morgan fingerprint density at radius 3 is 2.62 bits per heavy atom. The Morgan fingerprint density at radius 2 is 1.86 bits per heavy atom. The van der Waals surface area contributed by atoms with E-state index in [1.165, 1.54) is 5.56 Å². The number of pyridine rings is 1. The number of aryl methyl sites for hydroxylation is 2. The summed E-state index contributed by atoms with van der Waals surface area (Å²) in [4.78, 5) is 15.7. The van der Waals surface area contributed by atoms with Crippen LogP contribution in [0.3, 0.4) is 0 Å². The van der Waals surface area contributed by atoms with E-state index in [4.69, 9.17) is 4.74 Å². The van der Waals surface area contributed by atoms with Gasteiger partial charge in [0, 0.05) is 5.39 Å². The molecule has 0 amide bonds. The third-order valence-corrected chi connectivity index (χ3v) is 3.38. The monoisotopic (exact) mass is 277 g/mol. The Bertz CT molecular complexity index is 825. The van der Waals surface area contributed by atoms with Gasteiger partial charge in [0.1, 0.15) is 5.75 Å². The van der Waals surface area contributed by atoms with Crippen LogP contribution in [0.5, 0.6) is 11.6 Å². The van der Waals surface area contributed by atoms with Gasteiger partial charge >= 0.3 is 0 Å². The van der Waals surface area contributed by atoms with Crippen molar-refractivity contribution >= 4 is 17.2 Å². The Balaban J connectivity index is 2.08. The van der Waals surface area contributed by atoms with E-state index in [1.807, 2.05) is 56.3 Å². The number of para-hydroxylation sites is 1. The molecule has 0 spiro atoms. The average Bonchev–Trinajstić information content (AvgIpc) is 2.49. The number of carbonyl (C=O) groups is 1. The Labute approximate surface area is 123 Å². The molecule has 21 heavy (non-hydrogen) atoms. The smallest absolute Gasteiger partial charge is 0.230 e. The van der Waals surface area contributed by atoms with Crippen molar-refractivity contribution in [2.45, 2.75) is 13.8 Å². The molecule has 1 heterocycles. The van der Waals surface area contributed by atoms with Crippen molar-refractivity contribution < 1.29 is 9.53 Å². The molecule has 2 aromatic carbocycles. The van der Waals surface area contributed by atoms with Gasteiger partial charge in [-0.3, -0.25) is 4.79 Å². The van der Waals surface area contributed by atoms with Crippen LogP contribution in [0.4, 0.5) is 0 Å². The van der Waals surface area contributed by atoms with Crippen LogP contribution in [0.1, 0.15) is 21.5 Å². The van der Waals surface area contributed by atoms with Gasteiger partial charge in [0.2, 0.25) is 5.88 Å². The molecule has 0 N–H and O–H groups in total. The Morgan fingerprint density at radius 1 is 1.05 bits per heavy atom. The quantitative estimate of drug-likeness (QED) is 0.664. The fourth-order valence-electron chi connectivity index (χ4n) is 2.30. The van der Waals surface area contributed by atoms with E-state index in [0.717, 1.165) is 22.8 Å².